The highest BCUT2D eigenvalue weighted by molar-refractivity contribution is 5.97. The Balaban J connectivity index is 0.00000300. The van der Waals surface area contributed by atoms with Gasteiger partial charge in [0.25, 0.3) is 0 Å². The SMILES string of the molecule is CCC(C1=C(C#N)C(c2ccccc2)C(C(C)=O)=C(C)N1)N1CCCCC1O.Cl. The summed E-state index contributed by atoms with van der Waals surface area (Å²) in [4.78, 5) is 14.6. The molecule has 0 aromatic heterocycles. The molecule has 2 heterocycles. The van der Waals surface area contributed by atoms with Crippen LogP contribution in [0.2, 0.25) is 0 Å². The Kier molecular flexibility index (Phi) is 8.04. The first-order valence-corrected chi connectivity index (χ1v) is 10.1. The van der Waals surface area contributed by atoms with E-state index in [0.717, 1.165) is 49.2 Å². The number of nitriles is 1. The number of rotatable bonds is 5. The fourth-order valence-corrected chi connectivity index (χ4v) is 4.59. The molecule has 0 amide bonds. The third kappa shape index (κ3) is 4.56. The van der Waals surface area contributed by atoms with Crippen molar-refractivity contribution in [2.45, 2.75) is 64.6 Å². The fourth-order valence-electron chi connectivity index (χ4n) is 4.59. The molecule has 1 aromatic rings. The van der Waals surface area contributed by atoms with E-state index in [2.05, 4.69) is 23.2 Å². The van der Waals surface area contributed by atoms with Crippen molar-refractivity contribution in [1.29, 1.82) is 5.26 Å². The maximum absolute atomic E-state index is 12.5. The molecule has 29 heavy (non-hydrogen) atoms. The molecule has 156 valence electrons. The van der Waals surface area contributed by atoms with Crippen LogP contribution in [-0.2, 0) is 4.79 Å². The number of benzene rings is 1. The van der Waals surface area contributed by atoms with E-state index in [1.807, 2.05) is 37.3 Å². The summed E-state index contributed by atoms with van der Waals surface area (Å²) in [5.41, 5.74) is 3.77. The maximum Gasteiger partial charge on any atom is 0.158 e. The van der Waals surface area contributed by atoms with Crippen molar-refractivity contribution >= 4 is 18.2 Å². The van der Waals surface area contributed by atoms with Crippen molar-refractivity contribution < 1.29 is 9.90 Å². The van der Waals surface area contributed by atoms with Crippen LogP contribution in [0.4, 0.5) is 0 Å². The second kappa shape index (κ2) is 10.1. The number of ketones is 1. The second-order valence-corrected chi connectivity index (χ2v) is 7.64. The topological polar surface area (TPSA) is 76.4 Å². The third-order valence-corrected chi connectivity index (χ3v) is 5.86. The maximum atomic E-state index is 12.5. The summed E-state index contributed by atoms with van der Waals surface area (Å²) >= 11 is 0. The zero-order valence-electron chi connectivity index (χ0n) is 17.3. The molecule has 0 radical (unpaired) electrons. The highest BCUT2D eigenvalue weighted by Crippen LogP contribution is 2.40. The summed E-state index contributed by atoms with van der Waals surface area (Å²) in [6, 6.07) is 12.1. The molecule has 6 heteroatoms. The van der Waals surface area contributed by atoms with E-state index in [-0.39, 0.29) is 30.2 Å². The van der Waals surface area contributed by atoms with Crippen LogP contribution >= 0.6 is 12.4 Å². The molecule has 0 aliphatic carbocycles. The molecule has 2 aliphatic rings. The fraction of sp³-hybridized carbons (Fsp3) is 0.478. The number of nitrogens with zero attached hydrogens (tertiary/aromatic N) is 2. The molecule has 0 bridgehead atoms. The molecule has 0 saturated carbocycles. The van der Waals surface area contributed by atoms with Gasteiger partial charge in [-0.2, -0.15) is 5.26 Å². The van der Waals surface area contributed by atoms with Crippen molar-refractivity contribution in [1.82, 2.24) is 10.2 Å². The standard InChI is InChI=1S/C23H29N3O2.ClH/c1-4-19(26-13-9-8-12-20(26)28)23-18(14-24)22(17-10-6-5-7-11-17)21(16(3)27)15(2)25-23;/h5-7,10-11,19-20,22,25,28H,4,8-9,12-13H2,1-3H3;1H. The van der Waals surface area contributed by atoms with Gasteiger partial charge in [0.05, 0.1) is 23.6 Å². The summed E-state index contributed by atoms with van der Waals surface area (Å²) in [7, 11) is 0. The quantitative estimate of drug-likeness (QED) is 0.759. The number of dihydropyridines is 1. The lowest BCUT2D eigenvalue weighted by molar-refractivity contribution is -0.113. The normalized spacial score (nSPS) is 23.7. The van der Waals surface area contributed by atoms with Crippen molar-refractivity contribution in [3.63, 3.8) is 0 Å². The Morgan fingerprint density at radius 2 is 2.03 bits per heavy atom. The van der Waals surface area contributed by atoms with Crippen LogP contribution in [0.25, 0.3) is 0 Å². The van der Waals surface area contributed by atoms with E-state index in [1.54, 1.807) is 6.92 Å². The van der Waals surface area contributed by atoms with Gasteiger partial charge >= 0.3 is 0 Å². The van der Waals surface area contributed by atoms with Crippen LogP contribution in [0.5, 0.6) is 0 Å². The number of carbonyl (C=O) groups excluding carboxylic acids is 1. The van der Waals surface area contributed by atoms with Gasteiger partial charge in [0, 0.05) is 23.5 Å². The van der Waals surface area contributed by atoms with Crippen molar-refractivity contribution in [2.75, 3.05) is 6.54 Å². The number of hydrogen-bond acceptors (Lipinski definition) is 5. The minimum atomic E-state index is -0.499. The number of piperidine rings is 1. The van der Waals surface area contributed by atoms with Crippen LogP contribution in [0, 0.1) is 11.3 Å². The Morgan fingerprint density at radius 3 is 2.59 bits per heavy atom. The lowest BCUT2D eigenvalue weighted by Gasteiger charge is -2.42. The van der Waals surface area contributed by atoms with Gasteiger partial charge in [0.2, 0.25) is 0 Å². The smallest absolute Gasteiger partial charge is 0.158 e. The molecule has 3 atom stereocenters. The van der Waals surface area contributed by atoms with Crippen LogP contribution in [0.3, 0.4) is 0 Å². The van der Waals surface area contributed by atoms with E-state index < -0.39 is 6.23 Å². The molecule has 2 aliphatic heterocycles. The van der Waals surface area contributed by atoms with Gasteiger partial charge in [0.1, 0.15) is 6.23 Å². The lowest BCUT2D eigenvalue weighted by atomic mass is 9.78. The minimum absolute atomic E-state index is 0. The number of nitrogens with one attached hydrogen (secondary N) is 1. The van der Waals surface area contributed by atoms with Crippen LogP contribution in [-0.4, -0.2) is 34.6 Å². The summed E-state index contributed by atoms with van der Waals surface area (Å²) in [6.45, 7) is 6.34. The van der Waals surface area contributed by atoms with E-state index in [4.69, 9.17) is 0 Å². The predicted molar refractivity (Wildman–Crippen MR) is 116 cm³/mol. The van der Waals surface area contributed by atoms with Crippen LogP contribution in [0.1, 0.15) is 57.9 Å². The van der Waals surface area contributed by atoms with E-state index >= 15 is 0 Å². The number of Topliss-reactive ketones (excluding diaryl/α,β-unsaturated/α-hetero) is 1. The summed E-state index contributed by atoms with van der Waals surface area (Å²) in [5.74, 6) is -0.410. The highest BCUT2D eigenvalue weighted by Gasteiger charge is 2.37. The second-order valence-electron chi connectivity index (χ2n) is 7.64. The van der Waals surface area contributed by atoms with Gasteiger partial charge in [-0.15, -0.1) is 12.4 Å². The molecule has 5 nitrogen and oxygen atoms in total. The molecule has 2 N–H and O–H groups in total. The average molecular weight is 416 g/mol. The molecule has 3 rings (SSSR count). The number of aliphatic hydroxyl groups is 1. The minimum Gasteiger partial charge on any atom is -0.378 e. The number of aliphatic hydroxyl groups excluding tert-OH is 1. The summed E-state index contributed by atoms with van der Waals surface area (Å²) in [6.07, 6.45) is 3.08. The van der Waals surface area contributed by atoms with E-state index in [9.17, 15) is 15.2 Å². The number of halogens is 1. The van der Waals surface area contributed by atoms with Gasteiger partial charge in [-0.1, -0.05) is 37.3 Å². The van der Waals surface area contributed by atoms with Gasteiger partial charge in [0.15, 0.2) is 5.78 Å². The number of allylic oxidation sites excluding steroid dienone is 3. The van der Waals surface area contributed by atoms with Crippen LogP contribution in [0.15, 0.2) is 52.9 Å². The number of carbonyl (C=O) groups is 1. The monoisotopic (exact) mass is 415 g/mol. The molecular weight excluding hydrogens is 386 g/mol. The highest BCUT2D eigenvalue weighted by atomic mass is 35.5. The average Bonchev–Trinajstić information content (AvgIpc) is 2.69. The lowest BCUT2D eigenvalue weighted by Crippen LogP contribution is -2.50. The van der Waals surface area contributed by atoms with Crippen molar-refractivity contribution in [3.8, 4) is 6.07 Å². The first-order chi connectivity index (χ1) is 13.5. The largest absolute Gasteiger partial charge is 0.378 e. The molecular formula is C23H30ClN3O2. The Morgan fingerprint density at radius 1 is 1.34 bits per heavy atom. The number of likely N-dealkylation sites (tertiary alicyclic amines) is 1. The van der Waals surface area contributed by atoms with Gasteiger partial charge in [-0.25, -0.2) is 0 Å². The van der Waals surface area contributed by atoms with Gasteiger partial charge < -0.3 is 10.4 Å². The first kappa shape index (κ1) is 23.2. The summed E-state index contributed by atoms with van der Waals surface area (Å²) in [5, 5.41) is 24.1. The van der Waals surface area contributed by atoms with Crippen LogP contribution < -0.4 is 5.32 Å². The first-order valence-electron chi connectivity index (χ1n) is 10.1. The van der Waals surface area contributed by atoms with E-state index in [1.165, 1.54) is 0 Å². The predicted octanol–water partition coefficient (Wildman–Crippen LogP) is 4.02. The third-order valence-electron chi connectivity index (χ3n) is 5.86. The molecule has 0 spiro atoms. The van der Waals surface area contributed by atoms with Crippen molar-refractivity contribution in [3.05, 3.63) is 58.4 Å². The summed E-state index contributed by atoms with van der Waals surface area (Å²) < 4.78 is 0. The Hall–Kier alpha value is -2.13. The zero-order chi connectivity index (χ0) is 20.3. The zero-order valence-corrected chi connectivity index (χ0v) is 18.1. The Labute approximate surface area is 179 Å². The Bertz CT molecular complexity index is 841. The molecule has 1 saturated heterocycles. The van der Waals surface area contributed by atoms with Gasteiger partial charge in [-0.05, 0) is 45.1 Å². The van der Waals surface area contributed by atoms with E-state index in [0.29, 0.717) is 11.1 Å². The number of hydrogen-bond donors (Lipinski definition) is 2. The molecule has 3 unspecified atom stereocenters. The molecule has 1 fully saturated rings. The van der Waals surface area contributed by atoms with Gasteiger partial charge in [-0.3, -0.25) is 9.69 Å². The molecule has 1 aromatic carbocycles. The van der Waals surface area contributed by atoms with Crippen molar-refractivity contribution in [2.24, 2.45) is 0 Å².